The number of hydrogen-bond donors (Lipinski definition) is 1. The molecule has 0 spiro atoms. The predicted octanol–water partition coefficient (Wildman–Crippen LogP) is 12.5. The Labute approximate surface area is 377 Å². The maximum Gasteiger partial charge on any atom is 0.158 e. The fourth-order valence-electron chi connectivity index (χ4n) is 8.41. The summed E-state index contributed by atoms with van der Waals surface area (Å²) in [5, 5.41) is 0. The Hall–Kier alpha value is -5.44. The third kappa shape index (κ3) is 12.8. The van der Waals surface area contributed by atoms with Crippen LogP contribution in [0.4, 0.5) is 0 Å². The molecule has 0 amide bonds. The van der Waals surface area contributed by atoms with Gasteiger partial charge in [-0.05, 0) is 129 Å². The van der Waals surface area contributed by atoms with Gasteiger partial charge < -0.3 is 14.0 Å². The quantitative estimate of drug-likeness (QED) is 0.0726. The topological polar surface area (TPSA) is 93.9 Å². The first-order valence-corrected chi connectivity index (χ1v) is 23.6. The van der Waals surface area contributed by atoms with Crippen molar-refractivity contribution in [3.63, 3.8) is 0 Å². The molecule has 0 fully saturated rings. The molecule has 7 rings (SSSR count). The van der Waals surface area contributed by atoms with Gasteiger partial charge in [0.05, 0.1) is 79.9 Å². The van der Waals surface area contributed by atoms with E-state index in [0.717, 1.165) is 116 Å². The molecule has 2 atom stereocenters. The number of fused-ring (bicyclic) bond motifs is 4. The van der Waals surface area contributed by atoms with E-state index in [1.165, 1.54) is 64.2 Å². The van der Waals surface area contributed by atoms with E-state index in [1.54, 1.807) is 0 Å². The SMILES string of the molecule is CCCCCCCCCCCCOc1ccc(C2=C3C=CC(=N3)C=C3C=CC(=N3)C(c3ccc(OC(C)(N)C(C)CCCC[N+](C)(C)C)cc3)=C3C=CC(=N3)C=C3C=CC2=N3)cc1. The molecule has 330 valence electrons. The minimum Gasteiger partial charge on any atom is -0.494 e. The highest BCUT2D eigenvalue weighted by atomic mass is 16.5. The number of unbranched alkanes of at least 4 members (excludes halogenated alkanes) is 10. The summed E-state index contributed by atoms with van der Waals surface area (Å²) in [5.41, 5.74) is 16.6. The molecule has 2 N–H and O–H groups in total. The third-order valence-corrected chi connectivity index (χ3v) is 12.3. The molecule has 0 aliphatic carbocycles. The molecule has 5 aliphatic heterocycles. The van der Waals surface area contributed by atoms with Gasteiger partial charge in [0.15, 0.2) is 5.72 Å². The summed E-state index contributed by atoms with van der Waals surface area (Å²) in [4.78, 5) is 20.4. The van der Waals surface area contributed by atoms with Crippen LogP contribution in [0.15, 0.2) is 152 Å². The molecule has 0 saturated heterocycles. The van der Waals surface area contributed by atoms with Crippen molar-refractivity contribution in [2.75, 3.05) is 34.3 Å². The van der Waals surface area contributed by atoms with Crippen LogP contribution in [-0.4, -0.2) is 67.3 Å². The molecule has 0 aromatic heterocycles. The average molecular weight is 846 g/mol. The highest BCUT2D eigenvalue weighted by molar-refractivity contribution is 6.34. The molecule has 63 heavy (non-hydrogen) atoms. The molecule has 0 saturated carbocycles. The molecule has 8 heteroatoms. The highest BCUT2D eigenvalue weighted by Crippen LogP contribution is 2.34. The molecule has 5 heterocycles. The lowest BCUT2D eigenvalue weighted by Gasteiger charge is -2.33. The molecule has 2 aromatic rings. The number of benzene rings is 2. The molecule has 8 bridgehead atoms. The summed E-state index contributed by atoms with van der Waals surface area (Å²) >= 11 is 0. The molecule has 0 radical (unpaired) electrons. The Balaban J connectivity index is 1.06. The number of rotatable bonds is 22. The highest BCUT2D eigenvalue weighted by Gasteiger charge is 2.29. The number of aliphatic imine (C=N–C) groups is 4. The van der Waals surface area contributed by atoms with Gasteiger partial charge in [-0.3, -0.25) is 5.73 Å². The molecule has 5 aliphatic rings. The van der Waals surface area contributed by atoms with Gasteiger partial charge in [0.1, 0.15) is 11.5 Å². The van der Waals surface area contributed by atoms with Crippen LogP contribution in [0.3, 0.4) is 0 Å². The zero-order valence-electron chi connectivity index (χ0n) is 38.7. The molecule has 2 aromatic carbocycles. The maximum atomic E-state index is 6.78. The van der Waals surface area contributed by atoms with Crippen molar-refractivity contribution in [2.24, 2.45) is 31.6 Å². The van der Waals surface area contributed by atoms with Crippen molar-refractivity contribution in [1.29, 1.82) is 0 Å². The Morgan fingerprint density at radius 3 is 1.57 bits per heavy atom. The van der Waals surface area contributed by atoms with E-state index in [-0.39, 0.29) is 5.92 Å². The summed E-state index contributed by atoms with van der Waals surface area (Å²) in [5.74, 6) is 1.81. The first-order chi connectivity index (χ1) is 30.4. The first kappa shape index (κ1) is 45.6. The Bertz CT molecular complexity index is 2330. The van der Waals surface area contributed by atoms with Gasteiger partial charge in [0.25, 0.3) is 0 Å². The summed E-state index contributed by atoms with van der Waals surface area (Å²) in [6.07, 6.45) is 36.9. The van der Waals surface area contributed by atoms with Gasteiger partial charge in [0.2, 0.25) is 0 Å². The van der Waals surface area contributed by atoms with E-state index in [2.05, 4.69) is 95.7 Å². The van der Waals surface area contributed by atoms with Crippen LogP contribution in [-0.2, 0) is 0 Å². The fraction of sp³-hybridized carbons (Fsp3) is 0.418. The number of nitrogens with zero attached hydrogens (tertiary/aromatic N) is 5. The van der Waals surface area contributed by atoms with Crippen molar-refractivity contribution in [3.05, 3.63) is 143 Å². The van der Waals surface area contributed by atoms with E-state index in [4.69, 9.17) is 35.2 Å². The molecular formula is C55H69N6O2+. The molecule has 8 nitrogen and oxygen atoms in total. The van der Waals surface area contributed by atoms with E-state index >= 15 is 0 Å². The smallest absolute Gasteiger partial charge is 0.158 e. The Morgan fingerprint density at radius 1 is 0.571 bits per heavy atom. The summed E-state index contributed by atoms with van der Waals surface area (Å²) in [6, 6.07) is 16.5. The number of ether oxygens (including phenoxy) is 2. The average Bonchev–Trinajstić information content (AvgIpc) is 4.10. The zero-order chi connectivity index (χ0) is 44.2. The Kier molecular flexibility index (Phi) is 15.4. The maximum absolute atomic E-state index is 6.78. The van der Waals surface area contributed by atoms with Crippen molar-refractivity contribution in [2.45, 2.75) is 110 Å². The van der Waals surface area contributed by atoms with Crippen molar-refractivity contribution >= 4 is 34.0 Å². The fourth-order valence-corrected chi connectivity index (χ4v) is 8.41. The second kappa shape index (κ2) is 21.3. The number of nitrogens with two attached hydrogens (primary N) is 1. The monoisotopic (exact) mass is 846 g/mol. The second-order valence-electron chi connectivity index (χ2n) is 18.8. The standard InChI is InChI=1S/C55H69N6O2/c1-7-8-9-10-11-12-13-14-15-18-37-62-47-28-20-41(21-29-47)53-49-32-24-43(57-49)38-45-26-34-51(59-45)54(52-35-27-46(60-52)39-44-25-33-50(53)58-44)42-22-30-48(31-23-42)63-55(3,56)40(2)19-16-17-36-61(4,5)6/h20-35,38-40H,7-19,36-37,56H2,1-6H3/q+1. The van der Waals surface area contributed by atoms with Gasteiger partial charge in [-0.25, -0.2) is 20.0 Å². The van der Waals surface area contributed by atoms with E-state index in [0.29, 0.717) is 0 Å². The van der Waals surface area contributed by atoms with Crippen LogP contribution in [0.25, 0.3) is 11.1 Å². The lowest BCUT2D eigenvalue weighted by atomic mass is 9.93. The van der Waals surface area contributed by atoms with E-state index < -0.39 is 5.72 Å². The Morgan fingerprint density at radius 2 is 1.06 bits per heavy atom. The lowest BCUT2D eigenvalue weighted by Crippen LogP contribution is -2.48. The third-order valence-electron chi connectivity index (χ3n) is 12.3. The van der Waals surface area contributed by atoms with Gasteiger partial charge in [-0.15, -0.1) is 0 Å². The second-order valence-corrected chi connectivity index (χ2v) is 18.8. The minimum atomic E-state index is -0.795. The summed E-state index contributed by atoms with van der Waals surface area (Å²) in [6.45, 7) is 8.33. The number of hydrogen-bond acceptors (Lipinski definition) is 7. The normalized spacial score (nSPS) is 18.0. The van der Waals surface area contributed by atoms with Crippen molar-refractivity contribution < 1.29 is 14.0 Å². The van der Waals surface area contributed by atoms with Crippen molar-refractivity contribution in [1.82, 2.24) is 0 Å². The summed E-state index contributed by atoms with van der Waals surface area (Å²) in [7, 11) is 6.71. The van der Waals surface area contributed by atoms with Crippen LogP contribution in [0.2, 0.25) is 0 Å². The van der Waals surface area contributed by atoms with Gasteiger partial charge in [0, 0.05) is 17.1 Å². The van der Waals surface area contributed by atoms with Crippen LogP contribution >= 0.6 is 0 Å². The van der Waals surface area contributed by atoms with Crippen LogP contribution in [0, 0.1) is 5.92 Å². The van der Waals surface area contributed by atoms with Crippen LogP contribution in [0.1, 0.15) is 115 Å². The van der Waals surface area contributed by atoms with Gasteiger partial charge in [-0.1, -0.05) is 95.9 Å². The predicted molar refractivity (Wildman–Crippen MR) is 266 cm³/mol. The van der Waals surface area contributed by atoms with Gasteiger partial charge in [-0.2, -0.15) is 0 Å². The summed E-state index contributed by atoms with van der Waals surface area (Å²) < 4.78 is 13.6. The van der Waals surface area contributed by atoms with Crippen LogP contribution < -0.4 is 15.2 Å². The molecule has 2 unspecified atom stereocenters. The number of allylic oxidation sites excluding steroid dienone is 12. The van der Waals surface area contributed by atoms with Crippen molar-refractivity contribution in [3.8, 4) is 11.5 Å². The lowest BCUT2D eigenvalue weighted by molar-refractivity contribution is -0.870. The van der Waals surface area contributed by atoms with E-state index in [1.807, 2.05) is 55.5 Å². The number of quaternary nitrogens is 1. The minimum absolute atomic E-state index is 0.194. The van der Waals surface area contributed by atoms with Gasteiger partial charge >= 0.3 is 0 Å². The largest absolute Gasteiger partial charge is 0.494 e. The first-order valence-electron chi connectivity index (χ1n) is 23.6. The van der Waals surface area contributed by atoms with E-state index in [9.17, 15) is 0 Å². The van der Waals surface area contributed by atoms with Crippen LogP contribution in [0.5, 0.6) is 11.5 Å². The zero-order valence-corrected chi connectivity index (χ0v) is 38.7. The molecular weight excluding hydrogens is 777 g/mol.